The maximum atomic E-state index is 12.5. The van der Waals surface area contributed by atoms with Gasteiger partial charge in [0.25, 0.3) is 10.0 Å². The minimum absolute atomic E-state index is 0. The second-order valence-electron chi connectivity index (χ2n) is 7.50. The van der Waals surface area contributed by atoms with Crippen molar-refractivity contribution in [1.29, 1.82) is 0 Å². The molecule has 1 aromatic rings. The van der Waals surface area contributed by atoms with Gasteiger partial charge in [0.1, 0.15) is 10.1 Å². The van der Waals surface area contributed by atoms with Crippen LogP contribution in [0.1, 0.15) is 30.9 Å². The number of aryl methyl sites for hydroxylation is 1. The number of fused-ring (bicyclic) bond motifs is 1. The molecule has 33 heavy (non-hydrogen) atoms. The Morgan fingerprint density at radius 1 is 0.970 bits per heavy atom. The Labute approximate surface area is 222 Å². The fourth-order valence-corrected chi connectivity index (χ4v) is 5.66. The van der Waals surface area contributed by atoms with Gasteiger partial charge in [0, 0.05) is 6.54 Å². The molecule has 0 bridgehead atoms. The number of benzene rings is 1. The third kappa shape index (κ3) is 6.68. The fraction of sp³-hybridized carbons (Fsp3) is 0.217. The van der Waals surface area contributed by atoms with E-state index in [4.69, 9.17) is 11.8 Å². The summed E-state index contributed by atoms with van der Waals surface area (Å²) in [4.78, 5) is -0.139. The van der Waals surface area contributed by atoms with Crippen molar-refractivity contribution in [2.75, 3.05) is 6.54 Å². The summed E-state index contributed by atoms with van der Waals surface area (Å²) in [5, 5.41) is 0. The summed E-state index contributed by atoms with van der Waals surface area (Å²) < 4.78 is 61.1. The molecule has 2 aliphatic carbocycles. The topological polar surface area (TPSA) is 94.6 Å². The van der Waals surface area contributed by atoms with E-state index in [1.807, 2.05) is 13.0 Å². The number of unbranched alkanes of at least 4 members (excludes halogenated alkanes) is 1. The van der Waals surface area contributed by atoms with Gasteiger partial charge < -0.3 is 4.55 Å². The van der Waals surface area contributed by atoms with Crippen LogP contribution in [-0.4, -0.2) is 31.8 Å². The molecule has 0 spiro atoms. The molecule has 1 aromatic carbocycles. The van der Waals surface area contributed by atoms with Gasteiger partial charge in [-0.3, -0.25) is 0 Å². The van der Waals surface area contributed by atoms with Gasteiger partial charge in [0.05, 0.1) is 9.79 Å². The molecule has 0 fully saturated rings. The van der Waals surface area contributed by atoms with Crippen LogP contribution in [0.3, 0.4) is 0 Å². The predicted molar refractivity (Wildman–Crippen MR) is 125 cm³/mol. The van der Waals surface area contributed by atoms with E-state index >= 15 is 0 Å². The average molecular weight is 516 g/mol. The first-order valence-electron chi connectivity index (χ1n) is 9.93. The van der Waals surface area contributed by atoms with Crippen molar-refractivity contribution in [2.24, 2.45) is 0 Å². The minimum Gasteiger partial charge on any atom is -0.744 e. The van der Waals surface area contributed by atoms with Gasteiger partial charge in [0.2, 0.25) is 0 Å². The Morgan fingerprint density at radius 3 is 2.15 bits per heavy atom. The molecule has 0 amide bonds. The molecule has 6 nitrogen and oxygen atoms in total. The summed E-state index contributed by atoms with van der Waals surface area (Å²) >= 11 is 6.03. The summed E-state index contributed by atoms with van der Waals surface area (Å²) in [5.74, 6) is 0. The molecule has 0 aromatic heterocycles. The second kappa shape index (κ2) is 11.5. The first-order valence-corrected chi connectivity index (χ1v) is 13.1. The normalized spacial score (nSPS) is 12.0. The van der Waals surface area contributed by atoms with Gasteiger partial charge in [-0.15, -0.1) is 3.82 Å². The molecule has 3 rings (SSSR count). The van der Waals surface area contributed by atoms with Gasteiger partial charge in [-0.25, -0.2) is 16.8 Å². The fourth-order valence-electron chi connectivity index (χ4n) is 3.47. The first kappa shape index (κ1) is 28.0. The van der Waals surface area contributed by atoms with E-state index in [-0.39, 0.29) is 45.9 Å². The third-order valence-electron chi connectivity index (χ3n) is 5.16. The maximum Gasteiger partial charge on any atom is 1.00 e. The molecule has 10 heteroatoms. The molecule has 0 atom stereocenters. The van der Waals surface area contributed by atoms with Crippen molar-refractivity contribution in [2.45, 2.75) is 36.0 Å². The molecule has 0 heterocycles. The van der Waals surface area contributed by atoms with Crippen LogP contribution < -0.4 is 29.6 Å². The van der Waals surface area contributed by atoms with Crippen molar-refractivity contribution < 1.29 is 50.9 Å². The summed E-state index contributed by atoms with van der Waals surface area (Å²) in [5.41, 5.74) is 3.41. The zero-order valence-electron chi connectivity index (χ0n) is 18.5. The smallest absolute Gasteiger partial charge is 0.744 e. The maximum absolute atomic E-state index is 12.5. The molecule has 0 radical (unpaired) electrons. The quantitative estimate of drug-likeness (QED) is 0.188. The van der Waals surface area contributed by atoms with E-state index in [1.54, 1.807) is 36.4 Å². The van der Waals surface area contributed by atoms with E-state index in [1.165, 1.54) is 18.2 Å². The van der Waals surface area contributed by atoms with Crippen LogP contribution in [0.5, 0.6) is 0 Å². The van der Waals surface area contributed by atoms with E-state index in [0.717, 1.165) is 15.0 Å². The number of allylic oxidation sites excluding steroid dienone is 1. The molecule has 0 saturated carbocycles. The van der Waals surface area contributed by atoms with Crippen molar-refractivity contribution in [3.8, 4) is 11.1 Å². The summed E-state index contributed by atoms with van der Waals surface area (Å²) in [6, 6.07) is 16.3. The summed E-state index contributed by atoms with van der Waals surface area (Å²) in [7, 11) is -8.43. The SMILES string of the molecule is C=C(C)c1ccc2c(CCCCN(Cl)S(=O)(=O)c3ccccc3)cc(S(=O)(=O)[O-])c-2cc1.[Na+]. The summed E-state index contributed by atoms with van der Waals surface area (Å²) in [6.45, 7) is 5.83. The Balaban J connectivity index is 0.00000385. The van der Waals surface area contributed by atoms with E-state index < -0.39 is 20.1 Å². The number of sulfonamides is 1. The first-order chi connectivity index (χ1) is 15.0. The van der Waals surface area contributed by atoms with E-state index in [0.29, 0.717) is 36.0 Å². The minimum atomic E-state index is -4.65. The molecular weight excluding hydrogens is 493 g/mol. The van der Waals surface area contributed by atoms with Crippen molar-refractivity contribution in [3.05, 3.63) is 78.4 Å². The standard InChI is InChI=1S/C23H24ClNO5S2.Na/c1-17(2)18-11-13-21-19(16-23(32(28,29)30)22(21)14-12-18)8-6-7-15-25(24)31(26,27)20-9-4-3-5-10-20;/h3-5,9-14,16H,1,6-8,15H2,2H3,(H,28,29,30);/q;+1/p-1. The van der Waals surface area contributed by atoms with Crippen LogP contribution in [0, 0.1) is 0 Å². The molecule has 0 saturated heterocycles. The number of rotatable bonds is 9. The van der Waals surface area contributed by atoms with Crippen LogP contribution in [0.4, 0.5) is 0 Å². The van der Waals surface area contributed by atoms with E-state index in [2.05, 4.69) is 6.58 Å². The Kier molecular flexibility index (Phi) is 9.73. The van der Waals surface area contributed by atoms with Gasteiger partial charge in [0.15, 0.2) is 0 Å². The molecule has 0 aliphatic heterocycles. The van der Waals surface area contributed by atoms with Gasteiger partial charge in [-0.2, -0.15) is 0 Å². The zero-order valence-corrected chi connectivity index (χ0v) is 22.9. The van der Waals surface area contributed by atoms with Crippen LogP contribution in [0.25, 0.3) is 16.7 Å². The Hall–Kier alpha value is -1.23. The van der Waals surface area contributed by atoms with Crippen molar-refractivity contribution in [1.82, 2.24) is 3.82 Å². The Bertz CT molecular complexity index is 1310. The van der Waals surface area contributed by atoms with Gasteiger partial charge in [-0.1, -0.05) is 54.6 Å². The average Bonchev–Trinajstić information content (AvgIpc) is 2.94. The number of nitrogens with zero attached hydrogens (tertiary/aromatic N) is 1. The number of hydrogen-bond acceptors (Lipinski definition) is 5. The predicted octanol–water partition coefficient (Wildman–Crippen LogP) is 1.90. The van der Waals surface area contributed by atoms with Gasteiger partial charge >= 0.3 is 29.6 Å². The van der Waals surface area contributed by atoms with Crippen molar-refractivity contribution in [3.63, 3.8) is 0 Å². The monoisotopic (exact) mass is 515 g/mol. The van der Waals surface area contributed by atoms with Crippen LogP contribution in [-0.2, 0) is 26.6 Å². The van der Waals surface area contributed by atoms with E-state index in [9.17, 15) is 21.4 Å². The second-order valence-corrected chi connectivity index (χ2v) is 11.3. The van der Waals surface area contributed by atoms with Crippen LogP contribution in [0.15, 0.2) is 77.0 Å². The molecule has 0 N–H and O–H groups in total. The third-order valence-corrected chi connectivity index (χ3v) is 8.32. The largest absolute Gasteiger partial charge is 1.00 e. The molecule has 170 valence electrons. The Morgan fingerprint density at radius 2 is 1.58 bits per heavy atom. The number of halogens is 1. The molecular formula is C23H23ClNNaO5S2. The zero-order chi connectivity index (χ0) is 23.5. The van der Waals surface area contributed by atoms with Gasteiger partial charge in [-0.05, 0) is 78.4 Å². The molecule has 2 aliphatic rings. The van der Waals surface area contributed by atoms with Crippen molar-refractivity contribution >= 4 is 37.5 Å². The number of hydrogen-bond donors (Lipinski definition) is 0. The van der Waals surface area contributed by atoms with Crippen LogP contribution >= 0.6 is 11.8 Å². The summed E-state index contributed by atoms with van der Waals surface area (Å²) in [6.07, 6.45) is 1.48. The molecule has 0 unspecified atom stereocenters. The van der Waals surface area contributed by atoms with Crippen LogP contribution in [0.2, 0.25) is 0 Å².